The number of methoxy groups -OCH3 is 1. The van der Waals surface area contributed by atoms with Gasteiger partial charge < -0.3 is 20.1 Å². The molecule has 0 saturated carbocycles. The van der Waals surface area contributed by atoms with Gasteiger partial charge in [-0.05, 0) is 30.8 Å². The molecule has 120 valence electrons. The van der Waals surface area contributed by atoms with Crippen LogP contribution in [0.25, 0.3) is 0 Å². The zero-order chi connectivity index (χ0) is 16.4. The summed E-state index contributed by atoms with van der Waals surface area (Å²) < 4.78 is 5.30. The fraction of sp³-hybridized carbons (Fsp3) is 0.267. The van der Waals surface area contributed by atoms with Crippen LogP contribution in [0.4, 0.5) is 5.69 Å². The molecule has 0 bridgehead atoms. The molecular weight excluding hydrogens is 316 g/mol. The number of carbonyl (C=O) groups is 1. The van der Waals surface area contributed by atoms with Gasteiger partial charge in [0.25, 0.3) is 0 Å². The van der Waals surface area contributed by atoms with Crippen LogP contribution in [0.2, 0.25) is 0 Å². The molecule has 23 heavy (non-hydrogen) atoms. The number of nitrogens with zero attached hydrogens (tertiary/aromatic N) is 2. The number of fused-ring (bicyclic) bond motifs is 1. The summed E-state index contributed by atoms with van der Waals surface area (Å²) in [5.41, 5.74) is 2.44. The molecule has 7 nitrogen and oxygen atoms in total. The topological polar surface area (TPSA) is 90.5 Å². The van der Waals surface area contributed by atoms with Gasteiger partial charge in [0, 0.05) is 12.1 Å². The third kappa shape index (κ3) is 2.98. The monoisotopic (exact) mass is 332 g/mol. The van der Waals surface area contributed by atoms with E-state index in [0.29, 0.717) is 30.4 Å². The molecule has 1 aromatic heterocycles. The number of aromatic amines is 1. The summed E-state index contributed by atoms with van der Waals surface area (Å²) in [6.07, 6.45) is 0.585. The molecule has 0 amide bonds. The number of hydrogen-bond donors (Lipinski definition) is 3. The zero-order valence-corrected chi connectivity index (χ0v) is 13.3. The van der Waals surface area contributed by atoms with Crippen LogP contribution in [0.5, 0.6) is 5.75 Å². The summed E-state index contributed by atoms with van der Waals surface area (Å²) in [5.74, 6) is -0.298. The summed E-state index contributed by atoms with van der Waals surface area (Å²) in [6.45, 7) is 1.13. The smallest absolute Gasteiger partial charge is 0.356 e. The number of aromatic nitrogens is 2. The van der Waals surface area contributed by atoms with Crippen molar-refractivity contribution in [2.45, 2.75) is 13.0 Å². The first kappa shape index (κ1) is 15.3. The number of anilines is 1. The maximum Gasteiger partial charge on any atom is 0.356 e. The molecule has 8 heteroatoms. The minimum absolute atomic E-state index is 0.100. The van der Waals surface area contributed by atoms with Crippen molar-refractivity contribution in [3.63, 3.8) is 0 Å². The minimum atomic E-state index is -1.01. The van der Waals surface area contributed by atoms with Crippen molar-refractivity contribution in [1.82, 2.24) is 15.1 Å². The number of ether oxygens (including phenoxy) is 1. The summed E-state index contributed by atoms with van der Waals surface area (Å²) in [4.78, 5) is 13.1. The lowest BCUT2D eigenvalue weighted by molar-refractivity contribution is 0.0689. The van der Waals surface area contributed by atoms with Crippen molar-refractivity contribution in [3.05, 3.63) is 41.2 Å². The number of hydrogen-bond acceptors (Lipinski definition) is 4. The summed E-state index contributed by atoms with van der Waals surface area (Å²) in [5, 5.41) is 19.5. The minimum Gasteiger partial charge on any atom is -0.495 e. The largest absolute Gasteiger partial charge is 0.495 e. The zero-order valence-electron chi connectivity index (χ0n) is 12.5. The summed E-state index contributed by atoms with van der Waals surface area (Å²) in [6, 6.07) is 7.53. The molecule has 3 N–H and O–H groups in total. The molecule has 1 aliphatic heterocycles. The molecule has 2 aromatic rings. The van der Waals surface area contributed by atoms with Crippen molar-refractivity contribution in [2.24, 2.45) is 0 Å². The second kappa shape index (κ2) is 6.25. The van der Waals surface area contributed by atoms with E-state index in [0.717, 1.165) is 16.9 Å². The van der Waals surface area contributed by atoms with E-state index in [9.17, 15) is 4.79 Å². The van der Waals surface area contributed by atoms with E-state index in [1.165, 1.54) is 0 Å². The van der Waals surface area contributed by atoms with E-state index >= 15 is 0 Å². The molecule has 1 aliphatic rings. The highest BCUT2D eigenvalue weighted by molar-refractivity contribution is 7.80. The maximum absolute atomic E-state index is 11.1. The van der Waals surface area contributed by atoms with Crippen LogP contribution in [-0.4, -0.2) is 44.9 Å². The number of aromatic carboxylic acids is 1. The molecule has 1 aromatic carbocycles. The third-order valence-electron chi connectivity index (χ3n) is 3.77. The van der Waals surface area contributed by atoms with Gasteiger partial charge in [-0.15, -0.1) is 0 Å². The van der Waals surface area contributed by atoms with Crippen LogP contribution in [0.15, 0.2) is 24.3 Å². The summed E-state index contributed by atoms with van der Waals surface area (Å²) in [7, 11) is 1.61. The fourth-order valence-corrected chi connectivity index (χ4v) is 2.88. The predicted octanol–water partition coefficient (Wildman–Crippen LogP) is 1.87. The maximum atomic E-state index is 11.1. The van der Waals surface area contributed by atoms with E-state index in [2.05, 4.69) is 15.5 Å². The number of H-pyrrole nitrogens is 1. The molecule has 0 unspecified atom stereocenters. The van der Waals surface area contributed by atoms with Gasteiger partial charge in [0.15, 0.2) is 10.8 Å². The van der Waals surface area contributed by atoms with Gasteiger partial charge in [0.05, 0.1) is 25.0 Å². The van der Waals surface area contributed by atoms with Crippen molar-refractivity contribution in [3.8, 4) is 5.75 Å². The predicted molar refractivity (Wildman–Crippen MR) is 88.9 cm³/mol. The Labute approximate surface area is 138 Å². The average Bonchev–Trinajstić information content (AvgIpc) is 2.98. The van der Waals surface area contributed by atoms with Gasteiger partial charge >= 0.3 is 5.97 Å². The Morgan fingerprint density at radius 3 is 3.00 bits per heavy atom. The SMILES string of the molecule is COc1ccccc1NC(=S)N1CCc2c(C(=O)O)n[nH]c2C1. The van der Waals surface area contributed by atoms with E-state index < -0.39 is 5.97 Å². The van der Waals surface area contributed by atoms with Gasteiger partial charge in [0.2, 0.25) is 0 Å². The van der Waals surface area contributed by atoms with Crippen LogP contribution < -0.4 is 10.1 Å². The molecule has 2 heterocycles. The lowest BCUT2D eigenvalue weighted by Crippen LogP contribution is -2.39. The number of para-hydroxylation sites is 2. The van der Waals surface area contributed by atoms with Gasteiger partial charge in [0.1, 0.15) is 5.75 Å². The summed E-state index contributed by atoms with van der Waals surface area (Å²) >= 11 is 5.46. The first-order valence-corrected chi connectivity index (χ1v) is 7.49. The standard InChI is InChI=1S/C15H16N4O3S/c1-22-12-5-3-2-4-10(12)16-15(23)19-7-6-9-11(8-19)17-18-13(9)14(20)21/h2-5H,6-8H2,1H3,(H,16,23)(H,17,18)(H,20,21). The molecule has 0 saturated heterocycles. The Hall–Kier alpha value is -2.61. The average molecular weight is 332 g/mol. The lowest BCUT2D eigenvalue weighted by Gasteiger charge is -2.29. The highest BCUT2D eigenvalue weighted by atomic mass is 32.1. The van der Waals surface area contributed by atoms with E-state index in [4.69, 9.17) is 22.1 Å². The Morgan fingerprint density at radius 1 is 1.48 bits per heavy atom. The van der Waals surface area contributed by atoms with E-state index in [-0.39, 0.29) is 5.69 Å². The number of thiocarbonyl (C=S) groups is 1. The lowest BCUT2D eigenvalue weighted by atomic mass is 10.0. The molecular formula is C15H16N4O3S. The second-order valence-electron chi connectivity index (χ2n) is 5.14. The van der Waals surface area contributed by atoms with Crippen LogP contribution in [0.1, 0.15) is 21.7 Å². The van der Waals surface area contributed by atoms with E-state index in [1.807, 2.05) is 29.2 Å². The second-order valence-corrected chi connectivity index (χ2v) is 5.52. The van der Waals surface area contributed by atoms with Gasteiger partial charge in [-0.3, -0.25) is 5.10 Å². The highest BCUT2D eigenvalue weighted by Crippen LogP contribution is 2.25. The first-order chi connectivity index (χ1) is 11.1. The highest BCUT2D eigenvalue weighted by Gasteiger charge is 2.26. The Bertz CT molecular complexity index is 759. The Kier molecular flexibility index (Phi) is 4.16. The van der Waals surface area contributed by atoms with Crippen LogP contribution in [0, 0.1) is 0 Å². The van der Waals surface area contributed by atoms with Crippen LogP contribution >= 0.6 is 12.2 Å². The fourth-order valence-electron chi connectivity index (χ4n) is 2.61. The number of carboxylic acid groups (broad SMARTS) is 1. The molecule has 0 fully saturated rings. The van der Waals surface area contributed by atoms with Crippen molar-refractivity contribution in [1.29, 1.82) is 0 Å². The first-order valence-electron chi connectivity index (χ1n) is 7.08. The third-order valence-corrected chi connectivity index (χ3v) is 4.13. The van der Waals surface area contributed by atoms with Gasteiger partial charge in [-0.1, -0.05) is 12.1 Å². The Morgan fingerprint density at radius 2 is 2.26 bits per heavy atom. The molecule has 3 rings (SSSR count). The van der Waals surface area contributed by atoms with Crippen LogP contribution in [-0.2, 0) is 13.0 Å². The van der Waals surface area contributed by atoms with Crippen molar-refractivity contribution < 1.29 is 14.6 Å². The van der Waals surface area contributed by atoms with Crippen molar-refractivity contribution >= 4 is 29.0 Å². The van der Waals surface area contributed by atoms with Crippen LogP contribution in [0.3, 0.4) is 0 Å². The molecule has 0 aliphatic carbocycles. The normalized spacial score (nSPS) is 13.3. The van der Waals surface area contributed by atoms with Gasteiger partial charge in [-0.2, -0.15) is 5.10 Å². The molecule has 0 radical (unpaired) electrons. The number of carboxylic acids is 1. The Balaban J connectivity index is 1.73. The van der Waals surface area contributed by atoms with Crippen molar-refractivity contribution in [2.75, 3.05) is 19.0 Å². The van der Waals surface area contributed by atoms with E-state index in [1.54, 1.807) is 7.11 Å². The molecule has 0 spiro atoms. The number of rotatable bonds is 3. The van der Waals surface area contributed by atoms with Gasteiger partial charge in [-0.25, -0.2) is 4.79 Å². The molecule has 0 atom stereocenters. The number of nitrogens with one attached hydrogen (secondary N) is 2. The quantitative estimate of drug-likeness (QED) is 0.739. The number of benzene rings is 1.